The molecule has 98 valence electrons. The summed E-state index contributed by atoms with van der Waals surface area (Å²) in [6.07, 6.45) is -0.390. The number of ether oxygens (including phenoxy) is 1. The van der Waals surface area contributed by atoms with Crippen LogP contribution in [-0.4, -0.2) is 25.6 Å². The van der Waals surface area contributed by atoms with Crippen LogP contribution in [0.15, 0.2) is 24.3 Å². The summed E-state index contributed by atoms with van der Waals surface area (Å²) in [4.78, 5) is 13.1. The van der Waals surface area contributed by atoms with Crippen molar-refractivity contribution < 1.29 is 9.53 Å². The average Bonchev–Trinajstić information content (AvgIpc) is 2.35. The average molecular weight is 249 g/mol. The first-order valence-electron chi connectivity index (χ1n) is 5.76. The summed E-state index contributed by atoms with van der Waals surface area (Å²) in [5, 5.41) is 7.28. The Balaban J connectivity index is 2.68. The van der Waals surface area contributed by atoms with Gasteiger partial charge in [0.05, 0.1) is 6.61 Å². The van der Waals surface area contributed by atoms with Gasteiger partial charge in [0.2, 0.25) is 0 Å². The van der Waals surface area contributed by atoms with E-state index in [0.717, 1.165) is 0 Å². The lowest BCUT2D eigenvalue weighted by atomic mass is 10.2. The normalized spacial score (nSPS) is 10.2. The third kappa shape index (κ3) is 3.76. The topological polar surface area (TPSA) is 79.4 Å². The highest BCUT2D eigenvalue weighted by Gasteiger charge is 2.12. The molecule has 0 atom stereocenters. The van der Waals surface area contributed by atoms with Gasteiger partial charge in [0, 0.05) is 18.3 Å². The molecule has 1 aromatic carbocycles. The maximum absolute atomic E-state index is 11.7. The van der Waals surface area contributed by atoms with Crippen LogP contribution in [0, 0.1) is 11.3 Å². The second kappa shape index (κ2) is 6.05. The number of hydrogen-bond acceptors (Lipinski definition) is 3. The smallest absolute Gasteiger partial charge is 0.414 e. The molecule has 1 rings (SSSR count). The maximum atomic E-state index is 11.7. The number of hydrogen-bond donors (Lipinski definition) is 2. The Kier molecular flexibility index (Phi) is 4.71. The van der Waals surface area contributed by atoms with Crippen molar-refractivity contribution >= 4 is 17.6 Å². The first kappa shape index (κ1) is 14.0. The molecule has 1 amide bonds. The van der Waals surface area contributed by atoms with Crippen molar-refractivity contribution in [3.05, 3.63) is 29.8 Å². The van der Waals surface area contributed by atoms with Gasteiger partial charge < -0.3 is 10.5 Å². The number of amidine groups is 1. The fourth-order valence-corrected chi connectivity index (χ4v) is 1.30. The van der Waals surface area contributed by atoms with Crippen LogP contribution in [0.25, 0.3) is 0 Å². The molecule has 0 saturated carbocycles. The first-order chi connectivity index (χ1) is 8.41. The van der Waals surface area contributed by atoms with Crippen molar-refractivity contribution in [3.8, 4) is 0 Å². The van der Waals surface area contributed by atoms with Gasteiger partial charge in [-0.25, -0.2) is 4.79 Å². The molecule has 5 nitrogen and oxygen atoms in total. The Labute approximate surface area is 107 Å². The van der Waals surface area contributed by atoms with E-state index in [1.807, 2.05) is 13.8 Å². The number of rotatable bonds is 4. The molecule has 5 heteroatoms. The van der Waals surface area contributed by atoms with E-state index in [1.165, 1.54) is 4.90 Å². The minimum Gasteiger partial charge on any atom is -0.449 e. The van der Waals surface area contributed by atoms with Crippen LogP contribution in [0.3, 0.4) is 0 Å². The van der Waals surface area contributed by atoms with Gasteiger partial charge >= 0.3 is 6.09 Å². The Morgan fingerprint density at radius 1 is 1.39 bits per heavy atom. The summed E-state index contributed by atoms with van der Waals surface area (Å²) in [6, 6.07) is 6.86. The van der Waals surface area contributed by atoms with Crippen molar-refractivity contribution in [2.24, 2.45) is 11.7 Å². The third-order valence-corrected chi connectivity index (χ3v) is 2.38. The SMILES string of the molecule is CC(C)COC(=O)N(C)c1ccc(C(=N)N)cc1. The molecular weight excluding hydrogens is 230 g/mol. The van der Waals surface area contributed by atoms with E-state index >= 15 is 0 Å². The Bertz CT molecular complexity index is 426. The quantitative estimate of drug-likeness (QED) is 0.634. The Hall–Kier alpha value is -2.04. The van der Waals surface area contributed by atoms with Crippen LogP contribution < -0.4 is 10.6 Å². The highest BCUT2D eigenvalue weighted by molar-refractivity contribution is 5.95. The number of nitrogens with two attached hydrogens (primary N) is 1. The number of amides is 1. The monoisotopic (exact) mass is 249 g/mol. The van der Waals surface area contributed by atoms with E-state index in [-0.39, 0.29) is 11.9 Å². The number of nitrogen functional groups attached to an aromatic ring is 1. The van der Waals surface area contributed by atoms with Crippen LogP contribution in [-0.2, 0) is 4.74 Å². The van der Waals surface area contributed by atoms with E-state index in [0.29, 0.717) is 23.8 Å². The Morgan fingerprint density at radius 2 is 1.94 bits per heavy atom. The van der Waals surface area contributed by atoms with E-state index in [1.54, 1.807) is 31.3 Å². The number of anilines is 1. The molecule has 0 saturated heterocycles. The number of nitrogens with one attached hydrogen (secondary N) is 1. The standard InChI is InChI=1S/C13H19N3O2/c1-9(2)8-18-13(17)16(3)11-6-4-10(5-7-11)12(14)15/h4-7,9H,8H2,1-3H3,(H3,14,15). The lowest BCUT2D eigenvalue weighted by Crippen LogP contribution is -2.28. The van der Waals surface area contributed by atoms with Crippen LogP contribution in [0.5, 0.6) is 0 Å². The van der Waals surface area contributed by atoms with Crippen molar-refractivity contribution in [1.29, 1.82) is 5.41 Å². The summed E-state index contributed by atoms with van der Waals surface area (Å²) in [6.45, 7) is 4.36. The summed E-state index contributed by atoms with van der Waals surface area (Å²) >= 11 is 0. The highest BCUT2D eigenvalue weighted by atomic mass is 16.6. The van der Waals surface area contributed by atoms with Gasteiger partial charge in [-0.05, 0) is 30.2 Å². The van der Waals surface area contributed by atoms with Gasteiger partial charge in [-0.2, -0.15) is 0 Å². The number of carbonyl (C=O) groups excluding carboxylic acids is 1. The fourth-order valence-electron chi connectivity index (χ4n) is 1.30. The van der Waals surface area contributed by atoms with Gasteiger partial charge in [0.15, 0.2) is 0 Å². The maximum Gasteiger partial charge on any atom is 0.414 e. The molecule has 0 heterocycles. The van der Waals surface area contributed by atoms with Crippen LogP contribution in [0.4, 0.5) is 10.5 Å². The second-order valence-electron chi connectivity index (χ2n) is 4.49. The fraction of sp³-hybridized carbons (Fsp3) is 0.385. The van der Waals surface area contributed by atoms with E-state index < -0.39 is 0 Å². The molecule has 0 aliphatic heterocycles. The summed E-state index contributed by atoms with van der Waals surface area (Å²) < 4.78 is 5.12. The van der Waals surface area contributed by atoms with Gasteiger partial charge in [0.1, 0.15) is 5.84 Å². The van der Waals surface area contributed by atoms with Gasteiger partial charge in [-0.1, -0.05) is 13.8 Å². The highest BCUT2D eigenvalue weighted by Crippen LogP contribution is 2.14. The molecule has 0 spiro atoms. The zero-order valence-electron chi connectivity index (χ0n) is 10.9. The molecule has 0 aliphatic rings. The molecule has 0 unspecified atom stereocenters. The number of carbonyl (C=O) groups is 1. The molecular formula is C13H19N3O2. The summed E-state index contributed by atoms with van der Waals surface area (Å²) in [5.41, 5.74) is 6.69. The van der Waals surface area contributed by atoms with E-state index in [9.17, 15) is 4.79 Å². The molecule has 0 aromatic heterocycles. The zero-order valence-corrected chi connectivity index (χ0v) is 10.9. The number of benzene rings is 1. The van der Waals surface area contributed by atoms with Gasteiger partial charge in [0.25, 0.3) is 0 Å². The summed E-state index contributed by atoms with van der Waals surface area (Å²) in [5.74, 6) is 0.314. The van der Waals surface area contributed by atoms with Crippen molar-refractivity contribution in [3.63, 3.8) is 0 Å². The first-order valence-corrected chi connectivity index (χ1v) is 5.76. The molecule has 18 heavy (non-hydrogen) atoms. The van der Waals surface area contributed by atoms with Crippen molar-refractivity contribution in [1.82, 2.24) is 0 Å². The number of nitrogens with zero attached hydrogens (tertiary/aromatic N) is 1. The molecule has 0 aliphatic carbocycles. The lowest BCUT2D eigenvalue weighted by molar-refractivity contribution is 0.141. The van der Waals surface area contributed by atoms with E-state index in [2.05, 4.69) is 0 Å². The largest absolute Gasteiger partial charge is 0.449 e. The predicted molar refractivity (Wildman–Crippen MR) is 72.0 cm³/mol. The summed E-state index contributed by atoms with van der Waals surface area (Å²) in [7, 11) is 1.64. The molecule has 0 radical (unpaired) electrons. The van der Waals surface area contributed by atoms with Gasteiger partial charge in [-0.3, -0.25) is 10.3 Å². The van der Waals surface area contributed by atoms with E-state index in [4.69, 9.17) is 15.9 Å². The predicted octanol–water partition coefficient (Wildman–Crippen LogP) is 2.20. The van der Waals surface area contributed by atoms with Gasteiger partial charge in [-0.15, -0.1) is 0 Å². The van der Waals surface area contributed by atoms with Crippen molar-refractivity contribution in [2.75, 3.05) is 18.6 Å². The van der Waals surface area contributed by atoms with Crippen LogP contribution in [0.2, 0.25) is 0 Å². The zero-order chi connectivity index (χ0) is 13.7. The third-order valence-electron chi connectivity index (χ3n) is 2.38. The minimum absolute atomic E-state index is 0.00610. The van der Waals surface area contributed by atoms with Crippen LogP contribution in [0.1, 0.15) is 19.4 Å². The molecule has 3 N–H and O–H groups in total. The minimum atomic E-state index is -0.390. The second-order valence-corrected chi connectivity index (χ2v) is 4.49. The van der Waals surface area contributed by atoms with Crippen molar-refractivity contribution in [2.45, 2.75) is 13.8 Å². The molecule has 1 aromatic rings. The molecule has 0 bridgehead atoms. The lowest BCUT2D eigenvalue weighted by Gasteiger charge is -2.18. The Morgan fingerprint density at radius 3 is 2.39 bits per heavy atom. The van der Waals surface area contributed by atoms with Crippen LogP contribution >= 0.6 is 0 Å². The molecule has 0 fully saturated rings.